The molecule has 5 rings (SSSR count). The molecule has 0 spiro atoms. The number of hydrogen-bond donors (Lipinski definition) is 2. The fourth-order valence-electron chi connectivity index (χ4n) is 3.95. The predicted octanol–water partition coefficient (Wildman–Crippen LogP) is 3.25. The minimum Gasteiger partial charge on any atom is -0.459 e. The number of nitriles is 1. The molecule has 0 aromatic carbocycles. The molecule has 2 amide bonds. The molecular formula is C22H18N6O3S2. The molecule has 4 aromatic heterocycles. The first kappa shape index (κ1) is 21.0. The van der Waals surface area contributed by atoms with Crippen molar-refractivity contribution in [1.82, 2.24) is 14.8 Å². The molecule has 11 heteroatoms. The van der Waals surface area contributed by atoms with Crippen LogP contribution in [-0.2, 0) is 0 Å². The Morgan fingerprint density at radius 1 is 1.12 bits per heavy atom. The fraction of sp³-hybridized carbons (Fsp3) is 0.182. The Kier molecular flexibility index (Phi) is 5.24. The van der Waals surface area contributed by atoms with E-state index in [1.54, 1.807) is 21.9 Å². The summed E-state index contributed by atoms with van der Waals surface area (Å²) in [6.07, 6.45) is 1.46. The van der Waals surface area contributed by atoms with Crippen LogP contribution in [0.1, 0.15) is 25.8 Å². The van der Waals surface area contributed by atoms with E-state index in [0.29, 0.717) is 52.5 Å². The number of aromatic nitrogens is 1. The smallest absolute Gasteiger partial charge is 0.289 e. The van der Waals surface area contributed by atoms with Crippen molar-refractivity contribution in [2.75, 3.05) is 37.6 Å². The van der Waals surface area contributed by atoms with E-state index in [-0.39, 0.29) is 29.0 Å². The maximum atomic E-state index is 13.3. The number of piperazine rings is 1. The molecule has 1 aliphatic heterocycles. The molecule has 0 bridgehead atoms. The third-order valence-corrected chi connectivity index (χ3v) is 7.38. The number of carbonyl (C=O) groups is 2. The highest BCUT2D eigenvalue weighted by Gasteiger charge is 2.30. The van der Waals surface area contributed by atoms with Gasteiger partial charge in [-0.1, -0.05) is 0 Å². The lowest BCUT2D eigenvalue weighted by Crippen LogP contribution is -2.50. The average molecular weight is 479 g/mol. The highest BCUT2D eigenvalue weighted by Crippen LogP contribution is 2.43. The lowest BCUT2D eigenvalue weighted by molar-refractivity contribution is 0.0521. The predicted molar refractivity (Wildman–Crippen MR) is 127 cm³/mol. The summed E-state index contributed by atoms with van der Waals surface area (Å²) in [4.78, 5) is 34.4. The van der Waals surface area contributed by atoms with Crippen molar-refractivity contribution >= 4 is 56.2 Å². The van der Waals surface area contributed by atoms with Crippen LogP contribution in [0.25, 0.3) is 21.3 Å². The second kappa shape index (κ2) is 8.23. The van der Waals surface area contributed by atoms with Gasteiger partial charge in [0.15, 0.2) is 5.76 Å². The molecule has 33 heavy (non-hydrogen) atoms. The van der Waals surface area contributed by atoms with Crippen molar-refractivity contribution in [1.29, 1.82) is 5.26 Å². The van der Waals surface area contributed by atoms with Gasteiger partial charge >= 0.3 is 0 Å². The molecule has 166 valence electrons. The lowest BCUT2D eigenvalue weighted by atomic mass is 9.99. The van der Waals surface area contributed by atoms with Crippen molar-refractivity contribution in [2.45, 2.75) is 0 Å². The second-order valence-corrected chi connectivity index (χ2v) is 9.24. The van der Waals surface area contributed by atoms with Gasteiger partial charge in [0.25, 0.3) is 11.8 Å². The van der Waals surface area contributed by atoms with Gasteiger partial charge in [-0.25, -0.2) is 4.98 Å². The first-order valence-electron chi connectivity index (χ1n) is 10.1. The summed E-state index contributed by atoms with van der Waals surface area (Å²) in [7, 11) is 0. The molecule has 4 N–H and O–H groups in total. The molecule has 0 aliphatic carbocycles. The van der Waals surface area contributed by atoms with E-state index in [0.717, 1.165) is 5.56 Å². The summed E-state index contributed by atoms with van der Waals surface area (Å²) in [5.74, 6) is -0.0375. The zero-order valence-electron chi connectivity index (χ0n) is 17.3. The summed E-state index contributed by atoms with van der Waals surface area (Å²) >= 11 is 2.66. The molecule has 1 aliphatic rings. The Morgan fingerprint density at radius 2 is 1.85 bits per heavy atom. The number of anilines is 2. The standard InChI is InChI=1S/C22H18N6O3S2/c23-10-13-15(12-3-9-32-11-12)16-17(24)18(33-20(16)26-19(13)25)22(30)28-6-4-27(5-7-28)21(29)14-2-1-8-31-14/h1-3,8-9,11H,4-7,24H2,(H2,25,26). The Balaban J connectivity index is 1.46. The summed E-state index contributed by atoms with van der Waals surface area (Å²) in [6.45, 7) is 1.52. The van der Waals surface area contributed by atoms with Crippen LogP contribution in [0.3, 0.4) is 0 Å². The van der Waals surface area contributed by atoms with E-state index in [1.165, 1.54) is 28.9 Å². The second-order valence-electron chi connectivity index (χ2n) is 7.46. The maximum absolute atomic E-state index is 13.3. The third kappa shape index (κ3) is 3.49. The minimum absolute atomic E-state index is 0.108. The number of nitrogen functional groups attached to an aromatic ring is 2. The third-order valence-electron chi connectivity index (χ3n) is 5.61. The molecule has 9 nitrogen and oxygen atoms in total. The zero-order valence-corrected chi connectivity index (χ0v) is 18.9. The Labute approximate surface area is 196 Å². The summed E-state index contributed by atoms with van der Waals surface area (Å²) < 4.78 is 5.19. The molecule has 1 saturated heterocycles. The van der Waals surface area contributed by atoms with Gasteiger partial charge in [0.05, 0.1) is 12.0 Å². The number of amides is 2. The van der Waals surface area contributed by atoms with E-state index < -0.39 is 0 Å². The van der Waals surface area contributed by atoms with Gasteiger partial charge < -0.3 is 25.7 Å². The Hall–Kier alpha value is -3.88. The molecule has 0 radical (unpaired) electrons. The molecule has 0 saturated carbocycles. The molecule has 5 heterocycles. The zero-order chi connectivity index (χ0) is 23.1. The molecule has 4 aromatic rings. The van der Waals surface area contributed by atoms with Crippen LogP contribution in [0.5, 0.6) is 0 Å². The van der Waals surface area contributed by atoms with Crippen LogP contribution >= 0.6 is 22.7 Å². The Morgan fingerprint density at radius 3 is 2.45 bits per heavy atom. The highest BCUT2D eigenvalue weighted by molar-refractivity contribution is 7.21. The van der Waals surface area contributed by atoms with Gasteiger partial charge in [0.1, 0.15) is 27.2 Å². The van der Waals surface area contributed by atoms with Crippen LogP contribution in [-0.4, -0.2) is 52.8 Å². The molecular weight excluding hydrogens is 460 g/mol. The number of hydrogen-bond acceptors (Lipinski definition) is 9. The van der Waals surface area contributed by atoms with E-state index in [2.05, 4.69) is 11.1 Å². The monoisotopic (exact) mass is 478 g/mol. The SMILES string of the molecule is N#Cc1c(N)nc2sc(C(=O)N3CCN(C(=O)c4ccco4)CC3)c(N)c2c1-c1ccsc1. The van der Waals surface area contributed by atoms with Crippen molar-refractivity contribution in [3.05, 3.63) is 51.4 Å². The lowest BCUT2D eigenvalue weighted by Gasteiger charge is -2.34. The fourth-order valence-corrected chi connectivity index (χ4v) is 5.68. The van der Waals surface area contributed by atoms with Gasteiger partial charge in [-0.2, -0.15) is 16.6 Å². The molecule has 0 unspecified atom stereocenters. The quantitative estimate of drug-likeness (QED) is 0.460. The number of furan rings is 1. The van der Waals surface area contributed by atoms with Crippen LogP contribution in [0.15, 0.2) is 39.6 Å². The van der Waals surface area contributed by atoms with Gasteiger partial charge in [-0.05, 0) is 34.5 Å². The number of fused-ring (bicyclic) bond motifs is 1. The van der Waals surface area contributed by atoms with Crippen LogP contribution < -0.4 is 11.5 Å². The normalized spacial score (nSPS) is 13.9. The van der Waals surface area contributed by atoms with E-state index in [4.69, 9.17) is 15.9 Å². The topological polar surface area (TPSA) is 142 Å². The highest BCUT2D eigenvalue weighted by atomic mass is 32.1. The van der Waals surface area contributed by atoms with Gasteiger partial charge in [-0.3, -0.25) is 9.59 Å². The molecule has 1 fully saturated rings. The van der Waals surface area contributed by atoms with E-state index in [9.17, 15) is 14.9 Å². The number of nitrogens with zero attached hydrogens (tertiary/aromatic N) is 4. The first-order chi connectivity index (χ1) is 16.0. The van der Waals surface area contributed by atoms with E-state index in [1.807, 2.05) is 16.8 Å². The van der Waals surface area contributed by atoms with Crippen LogP contribution in [0.4, 0.5) is 11.5 Å². The number of rotatable bonds is 3. The van der Waals surface area contributed by atoms with Gasteiger partial charge in [0, 0.05) is 37.1 Å². The minimum atomic E-state index is -0.228. The van der Waals surface area contributed by atoms with E-state index >= 15 is 0 Å². The van der Waals surface area contributed by atoms with Crippen molar-refractivity contribution in [3.8, 4) is 17.2 Å². The summed E-state index contributed by atoms with van der Waals surface area (Å²) in [6, 6.07) is 7.30. The average Bonchev–Trinajstić information content (AvgIpc) is 3.59. The first-order valence-corrected chi connectivity index (χ1v) is 11.8. The van der Waals surface area contributed by atoms with Gasteiger partial charge in [0.2, 0.25) is 0 Å². The number of carbonyl (C=O) groups excluding carboxylic acids is 2. The summed E-state index contributed by atoms with van der Waals surface area (Å²) in [5, 5.41) is 14.1. The number of nitrogens with two attached hydrogens (primary N) is 2. The largest absolute Gasteiger partial charge is 0.459 e. The van der Waals surface area contributed by atoms with Crippen LogP contribution in [0, 0.1) is 11.3 Å². The maximum Gasteiger partial charge on any atom is 0.289 e. The van der Waals surface area contributed by atoms with Crippen molar-refractivity contribution in [2.24, 2.45) is 0 Å². The number of pyridine rings is 1. The Bertz CT molecular complexity index is 1390. The summed E-state index contributed by atoms with van der Waals surface area (Å²) in [5.41, 5.74) is 14.5. The number of thiophene rings is 2. The molecule has 0 atom stereocenters. The van der Waals surface area contributed by atoms with Crippen molar-refractivity contribution in [3.63, 3.8) is 0 Å². The van der Waals surface area contributed by atoms with Crippen molar-refractivity contribution < 1.29 is 14.0 Å². The van der Waals surface area contributed by atoms with Crippen LogP contribution in [0.2, 0.25) is 0 Å². The van der Waals surface area contributed by atoms with Gasteiger partial charge in [-0.15, -0.1) is 11.3 Å².